The fourth-order valence-corrected chi connectivity index (χ4v) is 4.16. The molecule has 1 unspecified atom stereocenters. The minimum absolute atomic E-state index is 0.0256. The fraction of sp³-hybridized carbons (Fsp3) is 0.0952. The number of halogens is 1. The molecule has 1 atom stereocenters. The highest BCUT2D eigenvalue weighted by atomic mass is 79.9. The Morgan fingerprint density at radius 1 is 1.14 bits per heavy atom. The number of carbonyl (C=O) groups is 2. The third-order valence-corrected chi connectivity index (χ3v) is 5.92. The lowest BCUT2D eigenvalue weighted by Gasteiger charge is -2.23. The minimum atomic E-state index is -0.796. The van der Waals surface area contributed by atoms with E-state index in [2.05, 4.69) is 20.9 Å². The molecule has 0 spiro atoms. The van der Waals surface area contributed by atoms with Crippen LogP contribution >= 0.6 is 27.3 Å². The number of nitrogens with zero attached hydrogens (tertiary/aromatic N) is 2. The van der Waals surface area contributed by atoms with Crippen LogP contribution in [-0.4, -0.2) is 28.9 Å². The molecule has 2 heterocycles. The summed E-state index contributed by atoms with van der Waals surface area (Å²) >= 11 is 4.60. The lowest BCUT2D eigenvalue weighted by atomic mass is 9.95. The Morgan fingerprint density at radius 3 is 2.41 bits per heavy atom. The molecule has 2 aromatic carbocycles. The van der Waals surface area contributed by atoms with E-state index in [1.54, 1.807) is 67.2 Å². The predicted octanol–water partition coefficient (Wildman–Crippen LogP) is 4.54. The van der Waals surface area contributed by atoms with Gasteiger partial charge in [0.1, 0.15) is 11.5 Å². The average molecular weight is 471 g/mol. The van der Waals surface area contributed by atoms with E-state index in [0.717, 1.165) is 4.47 Å². The number of aliphatic hydroxyl groups excluding tert-OH is 1. The summed E-state index contributed by atoms with van der Waals surface area (Å²) in [5, 5.41) is 13.1. The van der Waals surface area contributed by atoms with E-state index in [9.17, 15) is 14.7 Å². The highest BCUT2D eigenvalue weighted by Crippen LogP contribution is 2.43. The highest BCUT2D eigenvalue weighted by molar-refractivity contribution is 9.10. The van der Waals surface area contributed by atoms with E-state index < -0.39 is 17.7 Å². The van der Waals surface area contributed by atoms with Crippen LogP contribution in [0.2, 0.25) is 0 Å². The summed E-state index contributed by atoms with van der Waals surface area (Å²) in [6.45, 7) is 0. The van der Waals surface area contributed by atoms with Crippen molar-refractivity contribution >= 4 is 49.8 Å². The summed E-state index contributed by atoms with van der Waals surface area (Å²) in [6.07, 6.45) is 1.57. The van der Waals surface area contributed by atoms with Crippen molar-refractivity contribution in [1.29, 1.82) is 0 Å². The van der Waals surface area contributed by atoms with Gasteiger partial charge in [0.25, 0.3) is 5.78 Å². The van der Waals surface area contributed by atoms with Crippen LogP contribution in [-0.2, 0) is 9.59 Å². The van der Waals surface area contributed by atoms with Crippen LogP contribution in [0.3, 0.4) is 0 Å². The summed E-state index contributed by atoms with van der Waals surface area (Å²) in [5.41, 5.74) is 1.14. The second-order valence-corrected chi connectivity index (χ2v) is 8.05. The summed E-state index contributed by atoms with van der Waals surface area (Å²) in [5.74, 6) is -1.05. The molecule has 1 aromatic heterocycles. The molecule has 1 N–H and O–H groups in total. The van der Waals surface area contributed by atoms with Gasteiger partial charge in [0.15, 0.2) is 5.13 Å². The van der Waals surface area contributed by atoms with Gasteiger partial charge in [-0.3, -0.25) is 14.5 Å². The number of Topliss-reactive ketones (excluding diaryl/α,β-unsaturated/α-hetero) is 1. The lowest BCUT2D eigenvalue weighted by molar-refractivity contribution is -0.132. The van der Waals surface area contributed by atoms with Crippen LogP contribution in [0.25, 0.3) is 5.76 Å². The van der Waals surface area contributed by atoms with E-state index >= 15 is 0 Å². The Morgan fingerprint density at radius 2 is 1.83 bits per heavy atom. The van der Waals surface area contributed by atoms with Gasteiger partial charge in [0, 0.05) is 21.6 Å². The maximum atomic E-state index is 12.9. The quantitative estimate of drug-likeness (QED) is 0.344. The number of aliphatic hydroxyl groups is 1. The molecule has 0 aliphatic carbocycles. The molecule has 3 aromatic rings. The minimum Gasteiger partial charge on any atom is -0.507 e. The van der Waals surface area contributed by atoms with Gasteiger partial charge in [-0.05, 0) is 29.8 Å². The number of carbonyl (C=O) groups excluding carboxylic acids is 2. The van der Waals surface area contributed by atoms with Crippen molar-refractivity contribution in [3.63, 3.8) is 0 Å². The van der Waals surface area contributed by atoms with Crippen LogP contribution in [0.15, 0.2) is 70.2 Å². The molecule has 8 heteroatoms. The second kappa shape index (κ2) is 7.81. The number of methoxy groups -OCH3 is 1. The zero-order valence-corrected chi connectivity index (χ0v) is 17.6. The van der Waals surface area contributed by atoms with Crippen LogP contribution < -0.4 is 9.64 Å². The highest BCUT2D eigenvalue weighted by Gasteiger charge is 2.47. The third-order valence-electron chi connectivity index (χ3n) is 4.62. The standard InChI is InChI=1S/C21H15BrN2O4S/c1-28-15-8-4-12(5-9-15)17-16(18(25)13-2-6-14(22)7-3-13)19(26)20(27)24(17)21-23-10-11-29-21/h2-11,17,25H,1H3/b18-16-. The van der Waals surface area contributed by atoms with Crippen LogP contribution in [0.4, 0.5) is 5.13 Å². The number of anilines is 1. The predicted molar refractivity (Wildman–Crippen MR) is 114 cm³/mol. The summed E-state index contributed by atoms with van der Waals surface area (Å²) < 4.78 is 6.04. The van der Waals surface area contributed by atoms with Crippen molar-refractivity contribution in [1.82, 2.24) is 4.98 Å². The van der Waals surface area contributed by atoms with Crippen molar-refractivity contribution in [3.05, 3.63) is 81.3 Å². The van der Waals surface area contributed by atoms with Gasteiger partial charge in [-0.15, -0.1) is 11.3 Å². The number of benzene rings is 2. The molecule has 4 rings (SSSR count). The number of amides is 1. The van der Waals surface area contributed by atoms with Crippen molar-refractivity contribution in [2.45, 2.75) is 6.04 Å². The zero-order chi connectivity index (χ0) is 20.5. The van der Waals surface area contributed by atoms with Crippen LogP contribution in [0, 0.1) is 0 Å². The number of ketones is 1. The Bertz CT molecular complexity index is 1090. The van der Waals surface area contributed by atoms with E-state index in [4.69, 9.17) is 4.74 Å². The number of ether oxygens (including phenoxy) is 1. The molecule has 1 amide bonds. The van der Waals surface area contributed by atoms with E-state index in [0.29, 0.717) is 22.0 Å². The molecular formula is C21H15BrN2O4S. The van der Waals surface area contributed by atoms with Gasteiger partial charge in [0.05, 0.1) is 18.7 Å². The molecule has 1 saturated heterocycles. The number of hydrogen-bond acceptors (Lipinski definition) is 6. The monoisotopic (exact) mass is 470 g/mol. The Balaban J connectivity index is 1.91. The molecule has 1 aliphatic heterocycles. The van der Waals surface area contributed by atoms with Gasteiger partial charge in [-0.2, -0.15) is 0 Å². The molecule has 146 valence electrons. The van der Waals surface area contributed by atoms with Gasteiger partial charge in [0.2, 0.25) is 0 Å². The molecular weight excluding hydrogens is 456 g/mol. The first-order valence-corrected chi connectivity index (χ1v) is 10.3. The molecule has 0 saturated carbocycles. The normalized spacial score (nSPS) is 18.3. The first-order chi connectivity index (χ1) is 14.0. The topological polar surface area (TPSA) is 79.7 Å². The average Bonchev–Trinajstić information content (AvgIpc) is 3.35. The van der Waals surface area contributed by atoms with Crippen molar-refractivity contribution in [2.75, 3.05) is 12.0 Å². The molecule has 29 heavy (non-hydrogen) atoms. The SMILES string of the molecule is COc1ccc(C2/C(=C(/O)c3ccc(Br)cc3)C(=O)C(=O)N2c2nccs2)cc1. The molecule has 6 nitrogen and oxygen atoms in total. The van der Waals surface area contributed by atoms with Crippen molar-refractivity contribution < 1.29 is 19.4 Å². The zero-order valence-electron chi connectivity index (χ0n) is 15.2. The maximum absolute atomic E-state index is 12.9. The van der Waals surface area contributed by atoms with Crippen LogP contribution in [0.5, 0.6) is 5.75 Å². The maximum Gasteiger partial charge on any atom is 0.301 e. The van der Waals surface area contributed by atoms with Gasteiger partial charge in [-0.25, -0.2) is 4.98 Å². The van der Waals surface area contributed by atoms with E-state index in [1.165, 1.54) is 16.2 Å². The summed E-state index contributed by atoms with van der Waals surface area (Å²) in [6, 6.07) is 13.1. The van der Waals surface area contributed by atoms with Crippen LogP contribution in [0.1, 0.15) is 17.2 Å². The Hall–Kier alpha value is -2.97. The number of thiazole rings is 1. The number of hydrogen-bond donors (Lipinski definition) is 1. The first-order valence-electron chi connectivity index (χ1n) is 8.61. The molecule has 0 radical (unpaired) electrons. The Labute approximate surface area is 179 Å². The largest absolute Gasteiger partial charge is 0.507 e. The van der Waals surface area contributed by atoms with E-state index in [-0.39, 0.29) is 11.3 Å². The number of rotatable bonds is 4. The third kappa shape index (κ3) is 3.45. The van der Waals surface area contributed by atoms with Gasteiger partial charge >= 0.3 is 5.91 Å². The van der Waals surface area contributed by atoms with Crippen molar-refractivity contribution in [2.24, 2.45) is 0 Å². The summed E-state index contributed by atoms with van der Waals surface area (Å²) in [7, 11) is 1.56. The van der Waals surface area contributed by atoms with Crippen molar-refractivity contribution in [3.8, 4) is 5.75 Å². The molecule has 0 bridgehead atoms. The van der Waals surface area contributed by atoms with E-state index in [1.807, 2.05) is 0 Å². The van der Waals surface area contributed by atoms with Gasteiger partial charge < -0.3 is 9.84 Å². The Kier molecular flexibility index (Phi) is 5.21. The fourth-order valence-electron chi connectivity index (χ4n) is 3.23. The first kappa shape index (κ1) is 19.4. The van der Waals surface area contributed by atoms with Gasteiger partial charge in [-0.1, -0.05) is 40.2 Å². The lowest BCUT2D eigenvalue weighted by Crippen LogP contribution is -2.29. The smallest absolute Gasteiger partial charge is 0.301 e. The second-order valence-electron chi connectivity index (χ2n) is 6.26. The number of aromatic nitrogens is 1. The molecule has 1 aliphatic rings. The summed E-state index contributed by atoms with van der Waals surface area (Å²) in [4.78, 5) is 31.3. The molecule has 1 fully saturated rings.